The second kappa shape index (κ2) is 7.72. The highest BCUT2D eigenvalue weighted by atomic mass is 16.6. The van der Waals surface area contributed by atoms with E-state index in [-0.39, 0.29) is 13.2 Å². The van der Waals surface area contributed by atoms with Crippen LogP contribution >= 0.6 is 0 Å². The molecule has 0 radical (unpaired) electrons. The molecule has 0 aliphatic rings. The molecular formula is C10H20N2O5. The van der Waals surface area contributed by atoms with Crippen molar-refractivity contribution in [3.63, 3.8) is 0 Å². The molecule has 3 N–H and O–H groups in total. The van der Waals surface area contributed by atoms with Crippen LogP contribution in [0.15, 0.2) is 0 Å². The lowest BCUT2D eigenvalue weighted by molar-refractivity contribution is 0.0500. The summed E-state index contributed by atoms with van der Waals surface area (Å²) < 4.78 is 10.1. The Morgan fingerprint density at radius 2 is 1.65 bits per heavy atom. The number of carboxylic acid groups (broad SMARTS) is 1. The Bertz CT molecular complexity index is 250. The number of ether oxygens (including phenoxy) is 2. The number of hydrogen-bond acceptors (Lipinski definition) is 4. The third kappa shape index (κ3) is 12.4. The minimum absolute atomic E-state index is 0.224. The van der Waals surface area contributed by atoms with Crippen molar-refractivity contribution in [2.75, 3.05) is 26.3 Å². The molecule has 7 heteroatoms. The molecule has 7 nitrogen and oxygen atoms in total. The smallest absolute Gasteiger partial charge is 0.407 e. The zero-order chi connectivity index (χ0) is 13.3. The molecule has 2 amide bonds. The van der Waals surface area contributed by atoms with Gasteiger partial charge in [-0.2, -0.15) is 0 Å². The standard InChI is InChI=1S/C10H20N2O5/c1-10(2,3)17-9(15)12-5-7-16-6-4-11-8(13)14/h11H,4-7H2,1-3H3,(H,12,15)(H,13,14). The van der Waals surface area contributed by atoms with Gasteiger partial charge in [-0.3, -0.25) is 0 Å². The number of carbonyl (C=O) groups excluding carboxylic acids is 1. The van der Waals surface area contributed by atoms with E-state index in [1.165, 1.54) is 0 Å². The maximum absolute atomic E-state index is 11.2. The fourth-order valence-electron chi connectivity index (χ4n) is 0.872. The minimum atomic E-state index is -1.08. The number of rotatable bonds is 6. The first-order valence-electron chi connectivity index (χ1n) is 5.32. The van der Waals surface area contributed by atoms with Gasteiger partial charge in [-0.05, 0) is 20.8 Å². The molecule has 17 heavy (non-hydrogen) atoms. The molecule has 0 spiro atoms. The average Bonchev–Trinajstić information content (AvgIpc) is 2.12. The Kier molecular flexibility index (Phi) is 7.04. The SMILES string of the molecule is CC(C)(C)OC(=O)NCCOCCNC(=O)O. The number of amides is 2. The average molecular weight is 248 g/mol. The minimum Gasteiger partial charge on any atom is -0.465 e. The molecule has 0 rings (SSSR count). The van der Waals surface area contributed by atoms with E-state index in [1.807, 2.05) is 0 Å². The monoisotopic (exact) mass is 248 g/mol. The number of alkyl carbamates (subject to hydrolysis) is 1. The highest BCUT2D eigenvalue weighted by Gasteiger charge is 2.15. The van der Waals surface area contributed by atoms with Gasteiger partial charge in [0, 0.05) is 13.1 Å². The lowest BCUT2D eigenvalue weighted by Crippen LogP contribution is -2.34. The maximum Gasteiger partial charge on any atom is 0.407 e. The summed E-state index contributed by atoms with van der Waals surface area (Å²) in [4.78, 5) is 21.2. The lowest BCUT2D eigenvalue weighted by Gasteiger charge is -2.19. The van der Waals surface area contributed by atoms with Gasteiger partial charge in [0.05, 0.1) is 13.2 Å². The molecular weight excluding hydrogens is 228 g/mol. The predicted molar refractivity (Wildman–Crippen MR) is 61.1 cm³/mol. The molecule has 0 fully saturated rings. The quantitative estimate of drug-likeness (QED) is 0.604. The number of nitrogens with one attached hydrogen (secondary N) is 2. The van der Waals surface area contributed by atoms with Gasteiger partial charge in [-0.1, -0.05) is 0 Å². The Morgan fingerprint density at radius 3 is 2.12 bits per heavy atom. The molecule has 0 aromatic heterocycles. The van der Waals surface area contributed by atoms with Crippen LogP contribution in [0.25, 0.3) is 0 Å². The third-order valence-corrected chi connectivity index (χ3v) is 1.44. The molecule has 0 aliphatic carbocycles. The van der Waals surface area contributed by atoms with Gasteiger partial charge in [-0.15, -0.1) is 0 Å². The molecule has 100 valence electrons. The molecule has 0 aliphatic heterocycles. The van der Waals surface area contributed by atoms with Crippen molar-refractivity contribution < 1.29 is 24.2 Å². The summed E-state index contributed by atoms with van der Waals surface area (Å²) in [5, 5.41) is 12.9. The molecule has 0 bridgehead atoms. The van der Waals surface area contributed by atoms with E-state index in [9.17, 15) is 9.59 Å². The van der Waals surface area contributed by atoms with Crippen LogP contribution in [-0.2, 0) is 9.47 Å². The maximum atomic E-state index is 11.2. The fraction of sp³-hybridized carbons (Fsp3) is 0.800. The highest BCUT2D eigenvalue weighted by molar-refractivity contribution is 5.67. The van der Waals surface area contributed by atoms with Gasteiger partial charge in [0.25, 0.3) is 0 Å². The van der Waals surface area contributed by atoms with E-state index in [4.69, 9.17) is 14.6 Å². The summed E-state index contributed by atoms with van der Waals surface area (Å²) in [6.45, 7) is 6.45. The van der Waals surface area contributed by atoms with Crippen LogP contribution in [0.1, 0.15) is 20.8 Å². The van der Waals surface area contributed by atoms with Crippen LogP contribution in [0.2, 0.25) is 0 Å². The Hall–Kier alpha value is -1.50. The van der Waals surface area contributed by atoms with Gasteiger partial charge in [0.1, 0.15) is 5.60 Å². The summed E-state index contributed by atoms with van der Waals surface area (Å²) >= 11 is 0. The van der Waals surface area contributed by atoms with Gasteiger partial charge in [0.2, 0.25) is 0 Å². The van der Waals surface area contributed by atoms with Crippen molar-refractivity contribution >= 4 is 12.2 Å². The largest absolute Gasteiger partial charge is 0.465 e. The van der Waals surface area contributed by atoms with Crippen LogP contribution in [-0.4, -0.2) is 49.2 Å². The molecule has 0 aromatic rings. The molecule has 0 aromatic carbocycles. The van der Waals surface area contributed by atoms with Crippen LogP contribution in [0, 0.1) is 0 Å². The summed E-state index contributed by atoms with van der Waals surface area (Å²) in [6, 6.07) is 0. The van der Waals surface area contributed by atoms with Crippen molar-refractivity contribution in [1.82, 2.24) is 10.6 Å². The van der Waals surface area contributed by atoms with Crippen molar-refractivity contribution in [2.24, 2.45) is 0 Å². The number of carbonyl (C=O) groups is 2. The van der Waals surface area contributed by atoms with E-state index in [1.54, 1.807) is 20.8 Å². The van der Waals surface area contributed by atoms with E-state index >= 15 is 0 Å². The molecule has 0 saturated heterocycles. The third-order valence-electron chi connectivity index (χ3n) is 1.44. The molecule has 0 atom stereocenters. The van der Waals surface area contributed by atoms with E-state index in [0.717, 1.165) is 0 Å². The topological polar surface area (TPSA) is 96.9 Å². The first kappa shape index (κ1) is 15.5. The van der Waals surface area contributed by atoms with Gasteiger partial charge in [0.15, 0.2) is 0 Å². The van der Waals surface area contributed by atoms with Crippen molar-refractivity contribution in [3.05, 3.63) is 0 Å². The van der Waals surface area contributed by atoms with E-state index < -0.39 is 17.8 Å². The van der Waals surface area contributed by atoms with Crippen molar-refractivity contribution in [2.45, 2.75) is 26.4 Å². The van der Waals surface area contributed by atoms with Crippen LogP contribution in [0.4, 0.5) is 9.59 Å². The zero-order valence-electron chi connectivity index (χ0n) is 10.4. The van der Waals surface area contributed by atoms with Crippen LogP contribution in [0.5, 0.6) is 0 Å². The van der Waals surface area contributed by atoms with Crippen LogP contribution < -0.4 is 10.6 Å². The van der Waals surface area contributed by atoms with Crippen molar-refractivity contribution in [3.8, 4) is 0 Å². The van der Waals surface area contributed by atoms with Gasteiger partial charge < -0.3 is 25.2 Å². The second-order valence-electron chi connectivity index (χ2n) is 4.27. The van der Waals surface area contributed by atoms with E-state index in [2.05, 4.69) is 10.6 Å². The highest BCUT2D eigenvalue weighted by Crippen LogP contribution is 2.05. The Labute approximate surface area is 100 Å². The second-order valence-corrected chi connectivity index (χ2v) is 4.27. The summed E-state index contributed by atoms with van der Waals surface area (Å²) in [7, 11) is 0. The summed E-state index contributed by atoms with van der Waals surface area (Å²) in [5.41, 5.74) is -0.518. The Balaban J connectivity index is 3.34. The summed E-state index contributed by atoms with van der Waals surface area (Å²) in [5.74, 6) is 0. The lowest BCUT2D eigenvalue weighted by atomic mass is 10.2. The van der Waals surface area contributed by atoms with E-state index in [0.29, 0.717) is 13.2 Å². The number of hydrogen-bond donors (Lipinski definition) is 3. The predicted octanol–water partition coefficient (Wildman–Crippen LogP) is 0.795. The fourth-order valence-corrected chi connectivity index (χ4v) is 0.872. The molecule has 0 unspecified atom stereocenters. The van der Waals surface area contributed by atoms with Gasteiger partial charge in [-0.25, -0.2) is 9.59 Å². The van der Waals surface area contributed by atoms with Gasteiger partial charge >= 0.3 is 12.2 Å². The molecule has 0 heterocycles. The Morgan fingerprint density at radius 1 is 1.12 bits per heavy atom. The first-order valence-corrected chi connectivity index (χ1v) is 5.32. The first-order chi connectivity index (χ1) is 7.81. The summed E-state index contributed by atoms with van der Waals surface area (Å²) in [6.07, 6.45) is -1.58. The van der Waals surface area contributed by atoms with Crippen LogP contribution in [0.3, 0.4) is 0 Å². The normalized spacial score (nSPS) is 10.8. The molecule has 0 saturated carbocycles. The zero-order valence-corrected chi connectivity index (χ0v) is 10.4. The van der Waals surface area contributed by atoms with Crippen molar-refractivity contribution in [1.29, 1.82) is 0 Å².